The van der Waals surface area contributed by atoms with Crippen LogP contribution in [0.1, 0.15) is 48.3 Å². The van der Waals surface area contributed by atoms with Gasteiger partial charge in [-0.25, -0.2) is 9.78 Å². The lowest BCUT2D eigenvalue weighted by Gasteiger charge is -2.15. The molecular formula is C13H20N2O3S. The molecule has 0 aliphatic carbocycles. The summed E-state index contributed by atoms with van der Waals surface area (Å²) in [6.07, 6.45) is 3.74. The topological polar surface area (TPSA) is 79.3 Å². The second-order valence-corrected chi connectivity index (χ2v) is 5.98. The lowest BCUT2D eigenvalue weighted by molar-refractivity contribution is -0.139. The van der Waals surface area contributed by atoms with Crippen molar-refractivity contribution in [1.29, 1.82) is 0 Å². The monoisotopic (exact) mass is 284 g/mol. The van der Waals surface area contributed by atoms with Crippen molar-refractivity contribution in [3.63, 3.8) is 0 Å². The molecule has 0 saturated carbocycles. The molecular weight excluding hydrogens is 264 g/mol. The van der Waals surface area contributed by atoms with Crippen LogP contribution in [0.25, 0.3) is 0 Å². The van der Waals surface area contributed by atoms with Crippen LogP contribution in [-0.2, 0) is 11.2 Å². The van der Waals surface area contributed by atoms with Crippen LogP contribution in [0.4, 0.5) is 0 Å². The predicted molar refractivity (Wildman–Crippen MR) is 74.5 cm³/mol. The number of carboxylic acids is 1. The summed E-state index contributed by atoms with van der Waals surface area (Å²) in [7, 11) is 0. The minimum Gasteiger partial charge on any atom is -0.480 e. The van der Waals surface area contributed by atoms with Gasteiger partial charge in [0.05, 0.1) is 11.2 Å². The highest BCUT2D eigenvalue weighted by Crippen LogP contribution is 2.15. The molecule has 1 amide bonds. The van der Waals surface area contributed by atoms with E-state index >= 15 is 0 Å². The number of carboxylic acid groups (broad SMARTS) is 1. The minimum atomic E-state index is -1.000. The highest BCUT2D eigenvalue weighted by Gasteiger charge is 2.22. The lowest BCUT2D eigenvalue weighted by atomic mass is 10.0. The first-order chi connectivity index (χ1) is 8.93. The van der Waals surface area contributed by atoms with Crippen LogP contribution >= 0.6 is 11.3 Å². The quantitative estimate of drug-likeness (QED) is 0.805. The smallest absolute Gasteiger partial charge is 0.326 e. The van der Waals surface area contributed by atoms with Gasteiger partial charge in [0.1, 0.15) is 10.9 Å². The number of aromatic nitrogens is 1. The fourth-order valence-electron chi connectivity index (χ4n) is 1.67. The standard InChI is InChI=1S/C13H20N2O3S/c1-4-5-11-14-7-10(19-11)12(16)15-9(13(17)18)6-8(2)3/h7-9H,4-6H2,1-3H3,(H,15,16)(H,17,18). The van der Waals surface area contributed by atoms with E-state index in [4.69, 9.17) is 5.11 Å². The number of carbonyl (C=O) groups is 2. The maximum atomic E-state index is 12.0. The number of hydrogen-bond acceptors (Lipinski definition) is 4. The molecule has 5 nitrogen and oxygen atoms in total. The van der Waals surface area contributed by atoms with E-state index in [0.29, 0.717) is 11.3 Å². The van der Waals surface area contributed by atoms with Crippen LogP contribution in [0.15, 0.2) is 6.20 Å². The van der Waals surface area contributed by atoms with Crippen molar-refractivity contribution in [3.8, 4) is 0 Å². The first-order valence-electron chi connectivity index (χ1n) is 6.42. The van der Waals surface area contributed by atoms with Gasteiger partial charge in [0.2, 0.25) is 0 Å². The average molecular weight is 284 g/mol. The molecule has 1 unspecified atom stereocenters. The number of rotatable bonds is 7. The Labute approximate surface area is 117 Å². The fourth-order valence-corrected chi connectivity index (χ4v) is 2.59. The van der Waals surface area contributed by atoms with Crippen LogP contribution in [0.2, 0.25) is 0 Å². The number of nitrogens with one attached hydrogen (secondary N) is 1. The van der Waals surface area contributed by atoms with Crippen molar-refractivity contribution in [2.45, 2.75) is 46.1 Å². The van der Waals surface area contributed by atoms with E-state index in [1.807, 2.05) is 20.8 Å². The summed E-state index contributed by atoms with van der Waals surface area (Å²) in [6.45, 7) is 5.90. The first-order valence-corrected chi connectivity index (χ1v) is 7.24. The van der Waals surface area contributed by atoms with Gasteiger partial charge in [-0.15, -0.1) is 11.3 Å². The van der Waals surface area contributed by atoms with Crippen molar-refractivity contribution in [2.24, 2.45) is 5.92 Å². The molecule has 0 aliphatic rings. The molecule has 0 fully saturated rings. The lowest BCUT2D eigenvalue weighted by Crippen LogP contribution is -2.41. The summed E-state index contributed by atoms with van der Waals surface area (Å²) in [5, 5.41) is 12.5. The third-order valence-electron chi connectivity index (χ3n) is 2.55. The number of carbonyl (C=O) groups excluding carboxylic acids is 1. The Kier molecular flexibility index (Phi) is 5.95. The number of hydrogen-bond donors (Lipinski definition) is 2. The van der Waals surface area contributed by atoms with E-state index in [1.165, 1.54) is 17.5 Å². The Morgan fingerprint density at radius 1 is 1.47 bits per heavy atom. The zero-order valence-electron chi connectivity index (χ0n) is 11.5. The number of amides is 1. The zero-order valence-corrected chi connectivity index (χ0v) is 12.3. The molecule has 0 radical (unpaired) electrons. The first kappa shape index (κ1) is 15.6. The van der Waals surface area contributed by atoms with Gasteiger partial charge in [-0.3, -0.25) is 4.79 Å². The Bertz CT molecular complexity index is 443. The summed E-state index contributed by atoms with van der Waals surface area (Å²) >= 11 is 1.32. The van der Waals surface area contributed by atoms with E-state index in [-0.39, 0.29) is 11.8 Å². The summed E-state index contributed by atoms with van der Waals surface area (Å²) in [5.74, 6) is -1.15. The van der Waals surface area contributed by atoms with Gasteiger partial charge in [0.25, 0.3) is 5.91 Å². The van der Waals surface area contributed by atoms with E-state index in [9.17, 15) is 9.59 Å². The molecule has 0 aliphatic heterocycles. The van der Waals surface area contributed by atoms with Gasteiger partial charge in [0.15, 0.2) is 0 Å². The van der Waals surface area contributed by atoms with Crippen LogP contribution in [-0.4, -0.2) is 28.0 Å². The number of aliphatic carboxylic acids is 1. The normalized spacial score (nSPS) is 12.4. The maximum Gasteiger partial charge on any atom is 0.326 e. The Morgan fingerprint density at radius 3 is 2.68 bits per heavy atom. The van der Waals surface area contributed by atoms with Gasteiger partial charge >= 0.3 is 5.97 Å². The molecule has 1 heterocycles. The van der Waals surface area contributed by atoms with E-state index in [1.54, 1.807) is 0 Å². The van der Waals surface area contributed by atoms with Gasteiger partial charge in [-0.1, -0.05) is 20.8 Å². The minimum absolute atomic E-state index is 0.207. The molecule has 2 N–H and O–H groups in total. The van der Waals surface area contributed by atoms with Crippen LogP contribution in [0.3, 0.4) is 0 Å². The Hall–Kier alpha value is -1.43. The van der Waals surface area contributed by atoms with Crippen molar-refractivity contribution < 1.29 is 14.7 Å². The molecule has 1 rings (SSSR count). The second kappa shape index (κ2) is 7.23. The summed E-state index contributed by atoms with van der Waals surface area (Å²) in [5.41, 5.74) is 0. The van der Waals surface area contributed by atoms with Crippen LogP contribution < -0.4 is 5.32 Å². The number of thiazole rings is 1. The second-order valence-electron chi connectivity index (χ2n) is 4.86. The molecule has 0 bridgehead atoms. The SMILES string of the molecule is CCCc1ncc(C(=O)NC(CC(C)C)C(=O)O)s1. The summed E-state index contributed by atoms with van der Waals surface area (Å²) < 4.78 is 0. The molecule has 19 heavy (non-hydrogen) atoms. The third kappa shape index (κ3) is 4.98. The fraction of sp³-hybridized carbons (Fsp3) is 0.615. The van der Waals surface area contributed by atoms with Gasteiger partial charge < -0.3 is 10.4 Å². The van der Waals surface area contributed by atoms with E-state index in [2.05, 4.69) is 10.3 Å². The molecule has 1 aromatic rings. The number of aryl methyl sites for hydroxylation is 1. The molecule has 1 atom stereocenters. The third-order valence-corrected chi connectivity index (χ3v) is 3.61. The molecule has 0 spiro atoms. The van der Waals surface area contributed by atoms with Gasteiger partial charge in [-0.05, 0) is 25.2 Å². The number of nitrogens with zero attached hydrogens (tertiary/aromatic N) is 1. The Balaban J connectivity index is 2.67. The molecule has 0 aromatic carbocycles. The highest BCUT2D eigenvalue weighted by molar-refractivity contribution is 7.13. The average Bonchev–Trinajstić information content (AvgIpc) is 2.76. The van der Waals surface area contributed by atoms with E-state index < -0.39 is 12.0 Å². The maximum absolute atomic E-state index is 12.0. The molecule has 1 aromatic heterocycles. The molecule has 106 valence electrons. The van der Waals surface area contributed by atoms with Crippen molar-refractivity contribution in [3.05, 3.63) is 16.1 Å². The summed E-state index contributed by atoms with van der Waals surface area (Å²) in [4.78, 5) is 27.7. The van der Waals surface area contributed by atoms with E-state index in [0.717, 1.165) is 17.8 Å². The summed E-state index contributed by atoms with van der Waals surface area (Å²) in [6, 6.07) is -0.843. The zero-order chi connectivity index (χ0) is 14.4. The van der Waals surface area contributed by atoms with Crippen molar-refractivity contribution >= 4 is 23.2 Å². The van der Waals surface area contributed by atoms with Crippen molar-refractivity contribution in [2.75, 3.05) is 0 Å². The van der Waals surface area contributed by atoms with Gasteiger partial charge in [-0.2, -0.15) is 0 Å². The molecule has 6 heteroatoms. The van der Waals surface area contributed by atoms with Gasteiger partial charge in [0, 0.05) is 0 Å². The van der Waals surface area contributed by atoms with Crippen LogP contribution in [0, 0.1) is 5.92 Å². The highest BCUT2D eigenvalue weighted by atomic mass is 32.1. The van der Waals surface area contributed by atoms with Crippen molar-refractivity contribution in [1.82, 2.24) is 10.3 Å². The predicted octanol–water partition coefficient (Wildman–Crippen LogP) is 2.32. The Morgan fingerprint density at radius 2 is 2.16 bits per heavy atom. The molecule has 0 saturated heterocycles. The largest absolute Gasteiger partial charge is 0.480 e. The van der Waals surface area contributed by atoms with Crippen LogP contribution in [0.5, 0.6) is 0 Å².